The first-order valence-corrected chi connectivity index (χ1v) is 5.99. The molecular formula is C13H23NO. The van der Waals surface area contributed by atoms with Crippen LogP contribution in [0.5, 0.6) is 0 Å². The van der Waals surface area contributed by atoms with Gasteiger partial charge in [-0.3, -0.25) is 4.79 Å². The van der Waals surface area contributed by atoms with E-state index in [9.17, 15) is 4.79 Å². The first-order chi connectivity index (χ1) is 6.72. The summed E-state index contributed by atoms with van der Waals surface area (Å²) in [6, 6.07) is 0. The molecule has 1 aliphatic heterocycles. The van der Waals surface area contributed by atoms with Crippen LogP contribution in [0.3, 0.4) is 0 Å². The van der Waals surface area contributed by atoms with E-state index in [1.54, 1.807) is 0 Å². The molecule has 1 unspecified atom stereocenters. The molecule has 2 fully saturated rings. The van der Waals surface area contributed by atoms with E-state index in [4.69, 9.17) is 0 Å². The number of fused-ring (bicyclic) bond motifs is 1. The highest BCUT2D eigenvalue weighted by Gasteiger charge is 2.62. The summed E-state index contributed by atoms with van der Waals surface area (Å²) in [5.41, 5.74) is 0.637. The zero-order chi connectivity index (χ0) is 11.4. The highest BCUT2D eigenvalue weighted by atomic mass is 16.2. The second kappa shape index (κ2) is 2.99. The van der Waals surface area contributed by atoms with Crippen LogP contribution in [0.2, 0.25) is 0 Å². The van der Waals surface area contributed by atoms with Crippen LogP contribution >= 0.6 is 0 Å². The molecule has 2 rings (SSSR count). The van der Waals surface area contributed by atoms with E-state index in [0.29, 0.717) is 17.7 Å². The molecule has 1 saturated heterocycles. The van der Waals surface area contributed by atoms with Crippen molar-refractivity contribution < 1.29 is 4.79 Å². The van der Waals surface area contributed by atoms with Crippen molar-refractivity contribution in [3.05, 3.63) is 0 Å². The van der Waals surface area contributed by atoms with Gasteiger partial charge in [-0.2, -0.15) is 0 Å². The van der Waals surface area contributed by atoms with E-state index in [1.165, 1.54) is 0 Å². The van der Waals surface area contributed by atoms with Gasteiger partial charge < -0.3 is 4.90 Å². The van der Waals surface area contributed by atoms with Gasteiger partial charge in [-0.25, -0.2) is 0 Å². The maximum absolute atomic E-state index is 12.0. The molecule has 0 spiro atoms. The number of nitrogens with zero attached hydrogens (tertiary/aromatic N) is 1. The predicted molar refractivity (Wildman–Crippen MR) is 61.4 cm³/mol. The van der Waals surface area contributed by atoms with Crippen LogP contribution in [0.25, 0.3) is 0 Å². The van der Waals surface area contributed by atoms with Crippen molar-refractivity contribution in [1.29, 1.82) is 0 Å². The lowest BCUT2D eigenvalue weighted by Gasteiger charge is -2.26. The van der Waals surface area contributed by atoms with E-state index >= 15 is 0 Å². The highest BCUT2D eigenvalue weighted by molar-refractivity contribution is 5.77. The van der Waals surface area contributed by atoms with Gasteiger partial charge in [0.05, 0.1) is 0 Å². The van der Waals surface area contributed by atoms with Crippen LogP contribution in [0.4, 0.5) is 0 Å². The molecule has 2 nitrogen and oxygen atoms in total. The lowest BCUT2D eigenvalue weighted by molar-refractivity contribution is -0.132. The second-order valence-electron chi connectivity index (χ2n) is 7.07. The quantitative estimate of drug-likeness (QED) is 0.650. The Morgan fingerprint density at radius 1 is 1.27 bits per heavy atom. The summed E-state index contributed by atoms with van der Waals surface area (Å²) in [5, 5.41) is 0. The first-order valence-electron chi connectivity index (χ1n) is 5.99. The monoisotopic (exact) mass is 209 g/mol. The lowest BCUT2D eigenvalue weighted by atomic mass is 9.91. The number of likely N-dealkylation sites (tertiary alicyclic amines) is 1. The Labute approximate surface area is 93.0 Å². The fraction of sp³-hybridized carbons (Fsp3) is 0.923. The number of rotatable bonds is 1. The van der Waals surface area contributed by atoms with Gasteiger partial charge in [0.15, 0.2) is 0 Å². The summed E-state index contributed by atoms with van der Waals surface area (Å²) < 4.78 is 0. The Morgan fingerprint density at radius 3 is 2.13 bits per heavy atom. The van der Waals surface area contributed by atoms with Crippen molar-refractivity contribution in [3.63, 3.8) is 0 Å². The van der Waals surface area contributed by atoms with E-state index in [1.807, 2.05) is 0 Å². The van der Waals surface area contributed by atoms with Gasteiger partial charge in [-0.1, -0.05) is 34.6 Å². The summed E-state index contributed by atoms with van der Waals surface area (Å²) in [4.78, 5) is 14.0. The smallest absolute Gasteiger partial charge is 0.223 e. The Bertz CT molecular complexity index is 273. The van der Waals surface area contributed by atoms with E-state index in [0.717, 1.165) is 24.9 Å². The van der Waals surface area contributed by atoms with Gasteiger partial charge in [-0.05, 0) is 22.7 Å². The molecule has 2 aliphatic rings. The maximum atomic E-state index is 12.0. The maximum Gasteiger partial charge on any atom is 0.223 e. The fourth-order valence-electron chi connectivity index (χ4n) is 2.90. The lowest BCUT2D eigenvalue weighted by Crippen LogP contribution is -2.35. The predicted octanol–water partition coefficient (Wildman–Crippen LogP) is 2.54. The van der Waals surface area contributed by atoms with Crippen LogP contribution in [0.1, 0.15) is 41.0 Å². The molecule has 0 aromatic rings. The Balaban J connectivity index is 1.87. The van der Waals surface area contributed by atoms with Crippen molar-refractivity contribution >= 4 is 5.91 Å². The third kappa shape index (κ3) is 1.91. The topological polar surface area (TPSA) is 20.3 Å². The summed E-state index contributed by atoms with van der Waals surface area (Å²) in [7, 11) is 0. The Kier molecular flexibility index (Phi) is 2.19. The summed E-state index contributed by atoms with van der Waals surface area (Å²) >= 11 is 0. The van der Waals surface area contributed by atoms with Crippen LogP contribution in [0, 0.1) is 22.7 Å². The van der Waals surface area contributed by atoms with Gasteiger partial charge >= 0.3 is 0 Å². The molecule has 2 heteroatoms. The molecule has 1 amide bonds. The number of carbonyl (C=O) groups is 1. The molecule has 0 N–H and O–H groups in total. The Morgan fingerprint density at radius 2 is 1.73 bits per heavy atom. The third-order valence-electron chi connectivity index (χ3n) is 4.16. The number of hydrogen-bond acceptors (Lipinski definition) is 1. The van der Waals surface area contributed by atoms with Gasteiger partial charge in [0.1, 0.15) is 0 Å². The van der Waals surface area contributed by atoms with E-state index < -0.39 is 0 Å². The van der Waals surface area contributed by atoms with Gasteiger partial charge in [0, 0.05) is 19.5 Å². The van der Waals surface area contributed by atoms with E-state index in [2.05, 4.69) is 39.5 Å². The number of carbonyl (C=O) groups excluding carboxylic acids is 1. The number of piperidine rings is 1. The molecule has 0 radical (unpaired) electrons. The van der Waals surface area contributed by atoms with Crippen LogP contribution < -0.4 is 0 Å². The number of amides is 1. The van der Waals surface area contributed by atoms with Gasteiger partial charge in [0.25, 0.3) is 0 Å². The molecule has 0 bridgehead atoms. The minimum Gasteiger partial charge on any atom is -0.342 e. The average molecular weight is 209 g/mol. The molecule has 0 aromatic carbocycles. The standard InChI is InChI=1S/C13H23NO/c1-12(2,3)6-11(15)14-7-9-10(8-14)13(9,4)5/h9-10H,6-8H2,1-5H3/t9-,10?/m1/s1. The van der Waals surface area contributed by atoms with Crippen LogP contribution in [0.15, 0.2) is 0 Å². The molecular weight excluding hydrogens is 186 g/mol. The van der Waals surface area contributed by atoms with Gasteiger partial charge in [-0.15, -0.1) is 0 Å². The molecule has 2 atom stereocenters. The molecule has 1 aliphatic carbocycles. The van der Waals surface area contributed by atoms with Crippen molar-refractivity contribution in [1.82, 2.24) is 4.90 Å². The van der Waals surface area contributed by atoms with Crippen molar-refractivity contribution in [2.24, 2.45) is 22.7 Å². The molecule has 86 valence electrons. The SMILES string of the molecule is CC(C)(C)CC(=O)N1CC2[C@@H](C1)C2(C)C. The molecule has 15 heavy (non-hydrogen) atoms. The summed E-state index contributed by atoms with van der Waals surface area (Å²) in [5.74, 6) is 1.91. The average Bonchev–Trinajstić information content (AvgIpc) is 2.47. The molecule has 1 saturated carbocycles. The normalized spacial score (nSPS) is 32.7. The van der Waals surface area contributed by atoms with E-state index in [-0.39, 0.29) is 5.41 Å². The van der Waals surface area contributed by atoms with Gasteiger partial charge in [0.2, 0.25) is 5.91 Å². The fourth-order valence-corrected chi connectivity index (χ4v) is 2.90. The minimum atomic E-state index is 0.124. The zero-order valence-electron chi connectivity index (χ0n) is 10.6. The second-order valence-corrected chi connectivity index (χ2v) is 7.07. The van der Waals surface area contributed by atoms with Crippen molar-refractivity contribution in [2.45, 2.75) is 41.0 Å². The largest absolute Gasteiger partial charge is 0.342 e. The van der Waals surface area contributed by atoms with Crippen LogP contribution in [-0.4, -0.2) is 23.9 Å². The Hall–Kier alpha value is -0.530. The summed E-state index contributed by atoms with van der Waals surface area (Å²) in [6.07, 6.45) is 0.687. The third-order valence-corrected chi connectivity index (χ3v) is 4.16. The van der Waals surface area contributed by atoms with Crippen molar-refractivity contribution in [3.8, 4) is 0 Å². The number of hydrogen-bond donors (Lipinski definition) is 0. The van der Waals surface area contributed by atoms with Crippen LogP contribution in [-0.2, 0) is 4.79 Å². The van der Waals surface area contributed by atoms with Crippen molar-refractivity contribution in [2.75, 3.05) is 13.1 Å². The minimum absolute atomic E-state index is 0.124. The molecule has 0 aromatic heterocycles. The summed E-state index contributed by atoms with van der Waals surface area (Å²) in [6.45, 7) is 13.1. The first kappa shape index (κ1) is 11.0. The molecule has 1 heterocycles. The highest BCUT2D eigenvalue weighted by Crippen LogP contribution is 2.62. The zero-order valence-corrected chi connectivity index (χ0v) is 10.6.